The molecular weight excluding hydrogens is 310 g/mol. The molecule has 1 unspecified atom stereocenters. The van der Waals surface area contributed by atoms with E-state index < -0.39 is 6.10 Å². The molecule has 0 saturated carbocycles. The molecule has 0 saturated heterocycles. The number of rotatable bonds is 10. The van der Waals surface area contributed by atoms with E-state index in [0.29, 0.717) is 42.9 Å². The van der Waals surface area contributed by atoms with Crippen LogP contribution in [0.5, 0.6) is 11.5 Å². The highest BCUT2D eigenvalue weighted by molar-refractivity contribution is 5.89. The summed E-state index contributed by atoms with van der Waals surface area (Å²) >= 11 is 0. The molecule has 7 nitrogen and oxygen atoms in total. The molecule has 136 valence electrons. The zero-order valence-electron chi connectivity index (χ0n) is 14.9. The van der Waals surface area contributed by atoms with Crippen LogP contribution in [0.25, 0.3) is 0 Å². The van der Waals surface area contributed by atoms with E-state index in [1.165, 1.54) is 0 Å². The molecule has 0 aliphatic rings. The third kappa shape index (κ3) is 7.52. The van der Waals surface area contributed by atoms with Crippen LogP contribution in [0.1, 0.15) is 27.7 Å². The Morgan fingerprint density at radius 3 is 2.58 bits per heavy atom. The molecule has 0 spiro atoms. The number of hydrogen-bond acceptors (Lipinski definition) is 5. The molecule has 24 heavy (non-hydrogen) atoms. The molecule has 7 heteroatoms. The van der Waals surface area contributed by atoms with Crippen molar-refractivity contribution in [2.24, 2.45) is 0 Å². The third-order valence-electron chi connectivity index (χ3n) is 3.03. The minimum atomic E-state index is -0.616. The molecule has 0 aliphatic carbocycles. The van der Waals surface area contributed by atoms with Gasteiger partial charge in [0.25, 0.3) is 0 Å². The molecule has 1 rings (SSSR count). The fourth-order valence-corrected chi connectivity index (χ4v) is 1.93. The van der Waals surface area contributed by atoms with Gasteiger partial charge < -0.3 is 30.5 Å². The second kappa shape index (κ2) is 10.7. The van der Waals surface area contributed by atoms with Gasteiger partial charge in [0.05, 0.1) is 6.61 Å². The summed E-state index contributed by atoms with van der Waals surface area (Å²) in [4.78, 5) is 11.6. The Morgan fingerprint density at radius 1 is 1.21 bits per heavy atom. The standard InChI is InChI=1S/C17H29N3O4/c1-5-18-17(22)20-13-7-8-15(16(9-13)23-6-2)24-11-14(21)10-19-12(3)4/h7-9,12,14,19,21H,5-6,10-11H2,1-4H3,(H2,18,20,22). The number of carbonyl (C=O) groups excluding carboxylic acids is 1. The maximum Gasteiger partial charge on any atom is 0.319 e. The fourth-order valence-electron chi connectivity index (χ4n) is 1.93. The average Bonchev–Trinajstić information content (AvgIpc) is 2.52. The molecule has 0 aliphatic heterocycles. The lowest BCUT2D eigenvalue weighted by molar-refractivity contribution is 0.102. The van der Waals surface area contributed by atoms with E-state index in [-0.39, 0.29) is 12.6 Å². The van der Waals surface area contributed by atoms with Gasteiger partial charge in [-0.2, -0.15) is 0 Å². The van der Waals surface area contributed by atoms with Crippen molar-refractivity contribution in [1.29, 1.82) is 0 Å². The number of hydrogen-bond donors (Lipinski definition) is 4. The molecule has 1 aromatic carbocycles. The minimum Gasteiger partial charge on any atom is -0.490 e. The molecule has 0 bridgehead atoms. The van der Waals surface area contributed by atoms with Crippen molar-refractivity contribution in [3.8, 4) is 11.5 Å². The van der Waals surface area contributed by atoms with Crippen LogP contribution in [-0.4, -0.2) is 49.6 Å². The maximum atomic E-state index is 11.6. The van der Waals surface area contributed by atoms with Crippen molar-refractivity contribution in [1.82, 2.24) is 10.6 Å². The van der Waals surface area contributed by atoms with Crippen LogP contribution in [0.15, 0.2) is 18.2 Å². The molecule has 1 aromatic rings. The van der Waals surface area contributed by atoms with E-state index in [0.717, 1.165) is 0 Å². The summed E-state index contributed by atoms with van der Waals surface area (Å²) in [5.41, 5.74) is 0.610. The van der Waals surface area contributed by atoms with Gasteiger partial charge >= 0.3 is 6.03 Å². The molecule has 0 heterocycles. The van der Waals surface area contributed by atoms with Crippen molar-refractivity contribution in [3.05, 3.63) is 18.2 Å². The Morgan fingerprint density at radius 2 is 1.96 bits per heavy atom. The Bertz CT molecular complexity index is 509. The second-order valence-corrected chi connectivity index (χ2v) is 5.61. The molecule has 4 N–H and O–H groups in total. The van der Waals surface area contributed by atoms with Crippen LogP contribution in [0.2, 0.25) is 0 Å². The number of aliphatic hydroxyl groups is 1. The topological polar surface area (TPSA) is 91.9 Å². The van der Waals surface area contributed by atoms with Crippen LogP contribution in [0, 0.1) is 0 Å². The van der Waals surface area contributed by atoms with Gasteiger partial charge in [-0.3, -0.25) is 0 Å². The van der Waals surface area contributed by atoms with Crippen LogP contribution in [-0.2, 0) is 0 Å². The highest BCUT2D eigenvalue weighted by Gasteiger charge is 2.11. The van der Waals surface area contributed by atoms with E-state index in [2.05, 4.69) is 16.0 Å². The highest BCUT2D eigenvalue weighted by Crippen LogP contribution is 2.30. The van der Waals surface area contributed by atoms with Gasteiger partial charge in [-0.05, 0) is 26.0 Å². The van der Waals surface area contributed by atoms with E-state index in [9.17, 15) is 9.90 Å². The van der Waals surface area contributed by atoms with Gasteiger partial charge in [0, 0.05) is 30.9 Å². The van der Waals surface area contributed by atoms with Gasteiger partial charge in [-0.1, -0.05) is 13.8 Å². The predicted octanol–water partition coefficient (Wildman–Crippen LogP) is 1.96. The Kier molecular flexibility index (Phi) is 8.96. The van der Waals surface area contributed by atoms with Crippen LogP contribution in [0.3, 0.4) is 0 Å². The Hall–Kier alpha value is -1.99. The lowest BCUT2D eigenvalue weighted by Crippen LogP contribution is -2.35. The minimum absolute atomic E-state index is 0.156. The fraction of sp³-hybridized carbons (Fsp3) is 0.588. The van der Waals surface area contributed by atoms with Gasteiger partial charge in [0.15, 0.2) is 11.5 Å². The van der Waals surface area contributed by atoms with Gasteiger partial charge in [-0.15, -0.1) is 0 Å². The van der Waals surface area contributed by atoms with Crippen molar-refractivity contribution < 1.29 is 19.4 Å². The first kappa shape index (κ1) is 20.1. The lowest BCUT2D eigenvalue weighted by atomic mass is 10.2. The Labute approximate surface area is 143 Å². The number of nitrogens with one attached hydrogen (secondary N) is 3. The molecule has 0 radical (unpaired) electrons. The summed E-state index contributed by atoms with van der Waals surface area (Å²) in [6, 6.07) is 5.18. The number of urea groups is 1. The van der Waals surface area contributed by atoms with Crippen molar-refractivity contribution in [2.75, 3.05) is 31.6 Å². The number of carbonyl (C=O) groups is 1. The summed E-state index contributed by atoms with van der Waals surface area (Å²) in [5.74, 6) is 1.05. The van der Waals surface area contributed by atoms with Crippen LogP contribution < -0.4 is 25.4 Å². The number of amides is 2. The van der Waals surface area contributed by atoms with E-state index in [1.54, 1.807) is 18.2 Å². The number of aliphatic hydroxyl groups excluding tert-OH is 1. The molecule has 0 fully saturated rings. The number of anilines is 1. The molecular formula is C17H29N3O4. The van der Waals surface area contributed by atoms with Crippen LogP contribution >= 0.6 is 0 Å². The Balaban J connectivity index is 2.67. The maximum absolute atomic E-state index is 11.6. The summed E-state index contributed by atoms with van der Waals surface area (Å²) in [7, 11) is 0. The van der Waals surface area contributed by atoms with Crippen molar-refractivity contribution in [3.63, 3.8) is 0 Å². The van der Waals surface area contributed by atoms with E-state index in [1.807, 2.05) is 27.7 Å². The van der Waals surface area contributed by atoms with Gasteiger partial charge in [0.1, 0.15) is 12.7 Å². The molecule has 2 amide bonds. The first-order valence-electron chi connectivity index (χ1n) is 8.32. The number of benzene rings is 1. The van der Waals surface area contributed by atoms with Gasteiger partial charge in [-0.25, -0.2) is 4.79 Å². The summed E-state index contributed by atoms with van der Waals surface area (Å²) in [6.45, 7) is 9.38. The summed E-state index contributed by atoms with van der Waals surface area (Å²) < 4.78 is 11.2. The number of ether oxygens (including phenoxy) is 2. The lowest BCUT2D eigenvalue weighted by Gasteiger charge is -2.17. The second-order valence-electron chi connectivity index (χ2n) is 5.61. The first-order valence-corrected chi connectivity index (χ1v) is 8.32. The molecule has 1 atom stereocenters. The quantitative estimate of drug-likeness (QED) is 0.523. The van der Waals surface area contributed by atoms with E-state index >= 15 is 0 Å². The summed E-state index contributed by atoms with van der Waals surface area (Å²) in [6.07, 6.45) is -0.616. The summed E-state index contributed by atoms with van der Waals surface area (Å²) in [5, 5.41) is 18.5. The van der Waals surface area contributed by atoms with Crippen molar-refractivity contribution >= 4 is 11.7 Å². The smallest absolute Gasteiger partial charge is 0.319 e. The SMILES string of the molecule is CCNC(=O)Nc1ccc(OCC(O)CNC(C)C)c(OCC)c1. The first-order chi connectivity index (χ1) is 11.5. The van der Waals surface area contributed by atoms with Crippen LogP contribution in [0.4, 0.5) is 10.5 Å². The average molecular weight is 339 g/mol. The zero-order chi connectivity index (χ0) is 17.9. The zero-order valence-corrected chi connectivity index (χ0v) is 14.9. The largest absolute Gasteiger partial charge is 0.490 e. The van der Waals surface area contributed by atoms with Gasteiger partial charge in [0.2, 0.25) is 0 Å². The third-order valence-corrected chi connectivity index (χ3v) is 3.03. The monoisotopic (exact) mass is 339 g/mol. The molecule has 0 aromatic heterocycles. The van der Waals surface area contributed by atoms with Crippen molar-refractivity contribution in [2.45, 2.75) is 39.8 Å². The highest BCUT2D eigenvalue weighted by atomic mass is 16.5. The van der Waals surface area contributed by atoms with E-state index in [4.69, 9.17) is 9.47 Å². The normalized spacial score (nSPS) is 11.9. The predicted molar refractivity (Wildman–Crippen MR) is 94.9 cm³/mol.